The molecule has 0 spiro atoms. The molecule has 0 saturated carbocycles. The second-order valence-electron chi connectivity index (χ2n) is 7.10. The number of ketones is 2. The van der Waals surface area contributed by atoms with Gasteiger partial charge >= 0.3 is 0 Å². The molecule has 0 unspecified atom stereocenters. The van der Waals surface area contributed by atoms with Crippen LogP contribution in [0.1, 0.15) is 104 Å². The number of unbranched alkanes of at least 4 members (excludes halogenated alkanes) is 10. The molecule has 0 aliphatic heterocycles. The van der Waals surface area contributed by atoms with Crippen molar-refractivity contribution < 1.29 is 9.59 Å². The Morgan fingerprint density at radius 1 is 0.542 bits per heavy atom. The van der Waals surface area contributed by atoms with Crippen LogP contribution in [0.25, 0.3) is 0 Å². The van der Waals surface area contributed by atoms with Crippen LogP contribution in [-0.4, -0.2) is 11.6 Å². The zero-order valence-corrected chi connectivity index (χ0v) is 15.9. The molecule has 24 heavy (non-hydrogen) atoms. The van der Waals surface area contributed by atoms with Crippen molar-refractivity contribution in [1.29, 1.82) is 0 Å². The third kappa shape index (κ3) is 8.61. The lowest BCUT2D eigenvalue weighted by Gasteiger charge is -2.12. The molecule has 1 aliphatic rings. The van der Waals surface area contributed by atoms with E-state index in [1.54, 1.807) is 12.2 Å². The van der Waals surface area contributed by atoms with Crippen LogP contribution in [0.2, 0.25) is 0 Å². The summed E-state index contributed by atoms with van der Waals surface area (Å²) in [5, 5.41) is 0. The summed E-state index contributed by atoms with van der Waals surface area (Å²) in [6.07, 6.45) is 19.3. The number of hydrogen-bond donors (Lipinski definition) is 0. The molecule has 136 valence electrons. The summed E-state index contributed by atoms with van der Waals surface area (Å²) in [4.78, 5) is 24.4. The molecule has 0 atom stereocenters. The second kappa shape index (κ2) is 13.1. The molecule has 0 aromatic carbocycles. The Bertz CT molecular complexity index is 401. The van der Waals surface area contributed by atoms with Gasteiger partial charge in [0.1, 0.15) is 0 Å². The summed E-state index contributed by atoms with van der Waals surface area (Å²) in [5.41, 5.74) is 1.45. The van der Waals surface area contributed by atoms with E-state index in [4.69, 9.17) is 0 Å². The summed E-state index contributed by atoms with van der Waals surface area (Å²) in [6, 6.07) is 0. The highest BCUT2D eigenvalue weighted by atomic mass is 16.1. The fourth-order valence-corrected chi connectivity index (χ4v) is 3.23. The predicted octanol–water partition coefficient (Wildman–Crippen LogP) is 6.49. The van der Waals surface area contributed by atoms with E-state index >= 15 is 0 Å². The van der Waals surface area contributed by atoms with Gasteiger partial charge in [0.15, 0.2) is 11.6 Å². The minimum absolute atomic E-state index is 0.0733. The van der Waals surface area contributed by atoms with Gasteiger partial charge in [-0.3, -0.25) is 9.59 Å². The summed E-state index contributed by atoms with van der Waals surface area (Å²) in [6.45, 7) is 4.43. The molecule has 2 heteroatoms. The average molecular weight is 333 g/mol. The number of carbonyl (C=O) groups excluding carboxylic acids is 2. The molecule has 0 bridgehead atoms. The van der Waals surface area contributed by atoms with E-state index in [-0.39, 0.29) is 11.6 Å². The van der Waals surface area contributed by atoms with Gasteiger partial charge in [-0.25, -0.2) is 0 Å². The quantitative estimate of drug-likeness (QED) is 0.269. The van der Waals surface area contributed by atoms with Crippen molar-refractivity contribution in [3.05, 3.63) is 23.3 Å². The maximum absolute atomic E-state index is 12.2. The standard InChI is InChI=1S/C22H36O2/c1-3-5-7-9-11-13-15-19-17-22(24)20(18-21(19)23)16-14-12-10-8-6-4-2/h17-18H,3-16H2,1-2H3. The van der Waals surface area contributed by atoms with Crippen molar-refractivity contribution in [3.63, 3.8) is 0 Å². The third-order valence-electron chi connectivity index (χ3n) is 4.84. The zero-order chi connectivity index (χ0) is 17.6. The Morgan fingerprint density at radius 2 is 0.875 bits per heavy atom. The van der Waals surface area contributed by atoms with Crippen molar-refractivity contribution in [3.8, 4) is 0 Å². The SMILES string of the molecule is CCCCCCCCC1=CC(=O)C(CCCCCCCC)=CC1=O. The Balaban J connectivity index is 2.25. The first-order chi connectivity index (χ1) is 11.7. The Morgan fingerprint density at radius 3 is 1.25 bits per heavy atom. The third-order valence-corrected chi connectivity index (χ3v) is 4.84. The molecule has 2 nitrogen and oxygen atoms in total. The summed E-state index contributed by atoms with van der Waals surface area (Å²) < 4.78 is 0. The molecule has 0 fully saturated rings. The monoisotopic (exact) mass is 332 g/mol. The van der Waals surface area contributed by atoms with E-state index in [0.717, 1.165) is 49.7 Å². The van der Waals surface area contributed by atoms with Crippen LogP contribution in [0, 0.1) is 0 Å². The lowest BCUT2D eigenvalue weighted by atomic mass is 9.90. The molecule has 0 N–H and O–H groups in total. The molecule has 0 amide bonds. The zero-order valence-electron chi connectivity index (χ0n) is 15.9. The van der Waals surface area contributed by atoms with Gasteiger partial charge in [-0.2, -0.15) is 0 Å². The molecule has 0 saturated heterocycles. The molecular formula is C22H36O2. The minimum Gasteiger partial charge on any atom is -0.290 e. The van der Waals surface area contributed by atoms with Gasteiger partial charge in [0.05, 0.1) is 0 Å². The smallest absolute Gasteiger partial charge is 0.182 e. The second-order valence-corrected chi connectivity index (χ2v) is 7.10. The summed E-state index contributed by atoms with van der Waals surface area (Å²) in [7, 11) is 0. The average Bonchev–Trinajstić information content (AvgIpc) is 2.57. The largest absolute Gasteiger partial charge is 0.290 e. The Labute approximate surface area is 148 Å². The van der Waals surface area contributed by atoms with Gasteiger partial charge in [-0.15, -0.1) is 0 Å². The van der Waals surface area contributed by atoms with Crippen molar-refractivity contribution in [2.75, 3.05) is 0 Å². The van der Waals surface area contributed by atoms with E-state index in [1.165, 1.54) is 51.4 Å². The molecule has 0 radical (unpaired) electrons. The predicted molar refractivity (Wildman–Crippen MR) is 102 cm³/mol. The van der Waals surface area contributed by atoms with Gasteiger partial charge < -0.3 is 0 Å². The first-order valence-electron chi connectivity index (χ1n) is 10.2. The van der Waals surface area contributed by atoms with Gasteiger partial charge in [0, 0.05) is 11.1 Å². The van der Waals surface area contributed by atoms with E-state index in [9.17, 15) is 9.59 Å². The van der Waals surface area contributed by atoms with Crippen LogP contribution in [0.3, 0.4) is 0 Å². The van der Waals surface area contributed by atoms with Gasteiger partial charge in [0.2, 0.25) is 0 Å². The summed E-state index contributed by atoms with van der Waals surface area (Å²) in [5.74, 6) is 0.147. The number of allylic oxidation sites excluding steroid dienone is 4. The molecule has 1 aliphatic carbocycles. The van der Waals surface area contributed by atoms with Crippen LogP contribution in [0.15, 0.2) is 23.3 Å². The maximum Gasteiger partial charge on any atom is 0.182 e. The van der Waals surface area contributed by atoms with E-state index in [0.29, 0.717) is 0 Å². The van der Waals surface area contributed by atoms with E-state index in [1.807, 2.05) is 0 Å². The van der Waals surface area contributed by atoms with Crippen LogP contribution < -0.4 is 0 Å². The van der Waals surface area contributed by atoms with Crippen molar-refractivity contribution >= 4 is 11.6 Å². The van der Waals surface area contributed by atoms with E-state index in [2.05, 4.69) is 13.8 Å². The highest BCUT2D eigenvalue weighted by Crippen LogP contribution is 2.21. The maximum atomic E-state index is 12.2. The number of rotatable bonds is 14. The molecular weight excluding hydrogens is 296 g/mol. The van der Waals surface area contributed by atoms with Crippen LogP contribution in [0.5, 0.6) is 0 Å². The topological polar surface area (TPSA) is 34.1 Å². The van der Waals surface area contributed by atoms with Gasteiger partial charge in [-0.1, -0.05) is 78.1 Å². The highest BCUT2D eigenvalue weighted by Gasteiger charge is 2.19. The Hall–Kier alpha value is -1.18. The van der Waals surface area contributed by atoms with Crippen LogP contribution in [-0.2, 0) is 9.59 Å². The van der Waals surface area contributed by atoms with Gasteiger partial charge in [-0.05, 0) is 37.8 Å². The van der Waals surface area contributed by atoms with E-state index < -0.39 is 0 Å². The van der Waals surface area contributed by atoms with Crippen molar-refractivity contribution in [2.24, 2.45) is 0 Å². The fourth-order valence-electron chi connectivity index (χ4n) is 3.23. The van der Waals surface area contributed by atoms with Gasteiger partial charge in [0.25, 0.3) is 0 Å². The molecule has 0 aromatic rings. The first-order valence-corrected chi connectivity index (χ1v) is 10.2. The van der Waals surface area contributed by atoms with Crippen LogP contribution in [0.4, 0.5) is 0 Å². The summed E-state index contributed by atoms with van der Waals surface area (Å²) >= 11 is 0. The molecule has 1 rings (SSSR count). The number of hydrogen-bond acceptors (Lipinski definition) is 2. The highest BCUT2D eigenvalue weighted by molar-refractivity contribution is 6.19. The van der Waals surface area contributed by atoms with Crippen molar-refractivity contribution in [2.45, 2.75) is 104 Å². The van der Waals surface area contributed by atoms with Crippen LogP contribution >= 0.6 is 0 Å². The molecule has 0 aromatic heterocycles. The Kier molecular flexibility index (Phi) is 11.4. The lowest BCUT2D eigenvalue weighted by Crippen LogP contribution is -2.13. The van der Waals surface area contributed by atoms with Crippen molar-refractivity contribution in [1.82, 2.24) is 0 Å². The fraction of sp³-hybridized carbons (Fsp3) is 0.727. The number of carbonyl (C=O) groups is 2. The first kappa shape index (κ1) is 20.9. The minimum atomic E-state index is 0.0733. The molecule has 0 heterocycles. The normalized spacial score (nSPS) is 14.8. The lowest BCUT2D eigenvalue weighted by molar-refractivity contribution is -0.115.